The van der Waals surface area contributed by atoms with Crippen molar-refractivity contribution in [2.24, 2.45) is 0 Å². The third-order valence-electron chi connectivity index (χ3n) is 1.47. The van der Waals surface area contributed by atoms with Crippen molar-refractivity contribution in [3.05, 3.63) is 0 Å². The van der Waals surface area contributed by atoms with Crippen molar-refractivity contribution in [1.29, 1.82) is 0 Å². The number of alkyl halides is 1. The topological polar surface area (TPSA) is 69.6 Å². The van der Waals surface area contributed by atoms with Crippen molar-refractivity contribution < 1.29 is 13.5 Å². The van der Waals surface area contributed by atoms with Crippen LogP contribution in [0.5, 0.6) is 0 Å². The first-order valence-electron chi connectivity index (χ1n) is 4.09. The van der Waals surface area contributed by atoms with Crippen LogP contribution in [-0.4, -0.2) is 56.4 Å². The van der Waals surface area contributed by atoms with E-state index >= 15 is 0 Å². The molecule has 0 heterocycles. The highest BCUT2D eigenvalue weighted by Gasteiger charge is 2.23. The predicted molar refractivity (Wildman–Crippen MR) is 56.8 cm³/mol. The summed E-state index contributed by atoms with van der Waals surface area (Å²) in [7, 11) is 0.141. The number of halogens is 1. The highest BCUT2D eigenvalue weighted by molar-refractivity contribution is 7.90. The molecule has 0 saturated heterocycles. The third kappa shape index (κ3) is 6.56. The number of likely N-dealkylation sites (N-methyl/N-ethyl adjacent to an activating group) is 1. The van der Waals surface area contributed by atoms with Crippen LogP contribution in [0.25, 0.3) is 0 Å². The van der Waals surface area contributed by atoms with Crippen LogP contribution in [0.2, 0.25) is 0 Å². The first kappa shape index (κ1) is 14.1. The van der Waals surface area contributed by atoms with E-state index in [1.165, 1.54) is 0 Å². The molecule has 0 aromatic heterocycles. The fourth-order valence-corrected chi connectivity index (χ4v) is 1.88. The van der Waals surface area contributed by atoms with Crippen molar-refractivity contribution >= 4 is 21.6 Å². The summed E-state index contributed by atoms with van der Waals surface area (Å²) < 4.78 is 24.1. The van der Waals surface area contributed by atoms with Gasteiger partial charge in [0, 0.05) is 13.1 Å². The lowest BCUT2D eigenvalue weighted by molar-refractivity contribution is 0.0386. The van der Waals surface area contributed by atoms with E-state index in [9.17, 15) is 13.5 Å². The fraction of sp³-hybridized carbons (Fsp3) is 1.00. The Morgan fingerprint density at radius 2 is 2.00 bits per heavy atom. The average molecular weight is 245 g/mol. The Morgan fingerprint density at radius 1 is 1.50 bits per heavy atom. The minimum Gasteiger partial charge on any atom is -0.387 e. The minimum atomic E-state index is -3.45. The molecule has 86 valence electrons. The summed E-state index contributed by atoms with van der Waals surface area (Å²) in [5.74, 6) is 0. The van der Waals surface area contributed by atoms with Gasteiger partial charge in [-0.3, -0.25) is 0 Å². The van der Waals surface area contributed by atoms with Crippen LogP contribution < -0.4 is 4.72 Å². The largest absolute Gasteiger partial charge is 0.387 e. The van der Waals surface area contributed by atoms with E-state index in [1.807, 2.05) is 0 Å². The predicted octanol–water partition coefficient (Wildman–Crippen LogP) is -0.585. The van der Waals surface area contributed by atoms with E-state index in [4.69, 9.17) is 11.6 Å². The molecule has 0 bridgehead atoms. The number of nitrogens with one attached hydrogen (secondary N) is 1. The molecule has 2 N–H and O–H groups in total. The molecule has 14 heavy (non-hydrogen) atoms. The lowest BCUT2D eigenvalue weighted by atomic mass is 10.1. The molecule has 0 aliphatic rings. The van der Waals surface area contributed by atoms with Crippen LogP contribution in [0.3, 0.4) is 0 Å². The van der Waals surface area contributed by atoms with Crippen LogP contribution in [0.15, 0.2) is 0 Å². The number of aliphatic hydroxyl groups is 1. The summed E-state index contributed by atoms with van der Waals surface area (Å²) in [5.41, 5.74) is -1.09. The molecule has 1 unspecified atom stereocenters. The Labute approximate surface area is 90.1 Å². The zero-order valence-electron chi connectivity index (χ0n) is 8.62. The monoisotopic (exact) mass is 244 g/mol. The van der Waals surface area contributed by atoms with Crippen LogP contribution in [0.4, 0.5) is 0 Å². The Kier molecular flexibility index (Phi) is 5.32. The Hall–Kier alpha value is 0.120. The maximum Gasteiger partial charge on any atom is 0.225 e. The van der Waals surface area contributed by atoms with Gasteiger partial charge in [0.05, 0.1) is 5.60 Å². The average Bonchev–Trinajstić information content (AvgIpc) is 1.99. The first-order chi connectivity index (χ1) is 6.18. The molecule has 0 saturated carbocycles. The van der Waals surface area contributed by atoms with Crippen molar-refractivity contribution in [3.63, 3.8) is 0 Å². The number of hydrogen-bond donors (Lipinski definition) is 2. The first-order valence-corrected chi connectivity index (χ1v) is 6.28. The number of nitrogens with zero attached hydrogens (tertiary/aromatic N) is 1. The molecular weight excluding hydrogens is 228 g/mol. The van der Waals surface area contributed by atoms with E-state index in [1.54, 1.807) is 25.9 Å². The summed E-state index contributed by atoms with van der Waals surface area (Å²) >= 11 is 5.19. The molecule has 0 radical (unpaired) electrons. The lowest BCUT2D eigenvalue weighted by Gasteiger charge is -2.26. The van der Waals surface area contributed by atoms with Gasteiger partial charge in [0.15, 0.2) is 0 Å². The van der Waals surface area contributed by atoms with Gasteiger partial charge < -0.3 is 10.0 Å². The van der Waals surface area contributed by atoms with E-state index in [2.05, 4.69) is 4.72 Å². The summed E-state index contributed by atoms with van der Waals surface area (Å²) in [6.45, 7) is 1.89. The maximum atomic E-state index is 11.0. The Bertz CT molecular complexity index is 264. The van der Waals surface area contributed by atoms with Gasteiger partial charge in [-0.1, -0.05) is 0 Å². The normalized spacial score (nSPS) is 17.0. The summed E-state index contributed by atoms with van der Waals surface area (Å²) in [6, 6.07) is 0. The van der Waals surface area contributed by atoms with E-state index in [0.29, 0.717) is 6.54 Å². The molecule has 0 aliphatic carbocycles. The zero-order chi connectivity index (χ0) is 11.4. The molecule has 5 nitrogen and oxygen atoms in total. The van der Waals surface area contributed by atoms with Gasteiger partial charge in [-0.05, 0) is 21.0 Å². The van der Waals surface area contributed by atoms with Gasteiger partial charge in [0.25, 0.3) is 0 Å². The number of hydrogen-bond acceptors (Lipinski definition) is 4. The van der Waals surface area contributed by atoms with Crippen LogP contribution in [0, 0.1) is 0 Å². The second kappa shape index (κ2) is 5.27. The highest BCUT2D eigenvalue weighted by Crippen LogP contribution is 2.03. The van der Waals surface area contributed by atoms with Crippen molar-refractivity contribution in [2.45, 2.75) is 12.5 Å². The van der Waals surface area contributed by atoms with Crippen LogP contribution in [-0.2, 0) is 10.0 Å². The molecule has 0 rings (SSSR count). The molecule has 0 fully saturated rings. The van der Waals surface area contributed by atoms with E-state index < -0.39 is 20.8 Å². The molecule has 0 aromatic carbocycles. The molecule has 0 aromatic rings. The quantitative estimate of drug-likeness (QED) is 0.613. The van der Waals surface area contributed by atoms with Gasteiger partial charge in [-0.15, -0.1) is 11.6 Å². The second-order valence-corrected chi connectivity index (χ2v) is 6.17. The lowest BCUT2D eigenvalue weighted by Crippen LogP contribution is -2.47. The van der Waals surface area contributed by atoms with Gasteiger partial charge in [-0.25, -0.2) is 13.1 Å². The van der Waals surface area contributed by atoms with Crippen LogP contribution in [0.1, 0.15) is 6.92 Å². The smallest absolute Gasteiger partial charge is 0.225 e. The van der Waals surface area contributed by atoms with Crippen molar-refractivity contribution in [2.75, 3.05) is 32.4 Å². The molecule has 1 atom stereocenters. The van der Waals surface area contributed by atoms with Crippen molar-refractivity contribution in [1.82, 2.24) is 9.62 Å². The van der Waals surface area contributed by atoms with Gasteiger partial charge >= 0.3 is 0 Å². The summed E-state index contributed by atoms with van der Waals surface area (Å²) in [5, 5.41) is 9.24. The second-order valence-electron chi connectivity index (χ2n) is 3.78. The van der Waals surface area contributed by atoms with Gasteiger partial charge in [0.2, 0.25) is 10.0 Å². The highest BCUT2D eigenvalue weighted by atomic mass is 35.5. The standard InChI is InChI=1S/C7H17ClN2O3S/c1-7(11,5-10(2)3)4-9-14(12,13)6-8/h9,11H,4-6H2,1-3H3. The SMILES string of the molecule is CN(C)CC(C)(O)CNS(=O)(=O)CCl. The Balaban J connectivity index is 4.12. The molecule has 0 aliphatic heterocycles. The van der Waals surface area contributed by atoms with Gasteiger partial charge in [-0.2, -0.15) is 0 Å². The molecular formula is C7H17ClN2O3S. The Morgan fingerprint density at radius 3 is 2.36 bits per heavy atom. The van der Waals surface area contributed by atoms with E-state index in [0.717, 1.165) is 0 Å². The molecule has 7 heteroatoms. The summed E-state index contributed by atoms with van der Waals surface area (Å²) in [4.78, 5) is 1.77. The fourth-order valence-electron chi connectivity index (χ4n) is 1.04. The molecule has 0 amide bonds. The van der Waals surface area contributed by atoms with Crippen molar-refractivity contribution in [3.8, 4) is 0 Å². The summed E-state index contributed by atoms with van der Waals surface area (Å²) in [6.07, 6.45) is 0. The van der Waals surface area contributed by atoms with Gasteiger partial charge in [0.1, 0.15) is 5.21 Å². The maximum absolute atomic E-state index is 11.0. The zero-order valence-corrected chi connectivity index (χ0v) is 10.2. The number of rotatable bonds is 6. The molecule has 0 spiro atoms. The van der Waals surface area contributed by atoms with E-state index in [-0.39, 0.29) is 6.54 Å². The number of sulfonamides is 1. The van der Waals surface area contributed by atoms with Crippen LogP contribution >= 0.6 is 11.6 Å². The minimum absolute atomic E-state index is 0.0414. The third-order valence-corrected chi connectivity index (χ3v) is 3.21.